The second-order valence-electron chi connectivity index (χ2n) is 4.93. The van der Waals surface area contributed by atoms with Gasteiger partial charge in [0.05, 0.1) is 23.9 Å². The van der Waals surface area contributed by atoms with Gasteiger partial charge in [0.25, 0.3) is 0 Å². The van der Waals surface area contributed by atoms with E-state index in [0.717, 1.165) is 17.3 Å². The minimum atomic E-state index is -0.336. The molecule has 5 nitrogen and oxygen atoms in total. The van der Waals surface area contributed by atoms with Crippen LogP contribution < -0.4 is 5.73 Å². The Morgan fingerprint density at radius 3 is 3.00 bits per heavy atom. The van der Waals surface area contributed by atoms with E-state index < -0.39 is 0 Å². The maximum Gasteiger partial charge on any atom is 0.236 e. The van der Waals surface area contributed by atoms with Crippen molar-refractivity contribution in [2.45, 2.75) is 23.6 Å². The topological polar surface area (TPSA) is 74.2 Å². The number of rotatable bonds is 2. The third-order valence-corrected chi connectivity index (χ3v) is 6.30. The minimum Gasteiger partial charge on any atom is -0.379 e. The van der Waals surface area contributed by atoms with E-state index in [9.17, 15) is 0 Å². The molecular formula is C11H17N3O2S2. The van der Waals surface area contributed by atoms with Crippen LogP contribution in [-0.4, -0.2) is 46.7 Å². The fraction of sp³-hybridized carbons (Fsp3) is 0.818. The molecule has 0 aliphatic carbocycles. The van der Waals surface area contributed by atoms with Crippen molar-refractivity contribution in [3.63, 3.8) is 0 Å². The minimum absolute atomic E-state index is 0.0702. The van der Waals surface area contributed by atoms with Crippen molar-refractivity contribution in [3.05, 3.63) is 11.7 Å². The molecule has 3 heterocycles. The zero-order valence-electron chi connectivity index (χ0n) is 10.3. The predicted molar refractivity (Wildman–Crippen MR) is 73.0 cm³/mol. The summed E-state index contributed by atoms with van der Waals surface area (Å²) in [6.45, 7) is 3.15. The molecule has 3 unspecified atom stereocenters. The molecule has 2 aliphatic heterocycles. The van der Waals surface area contributed by atoms with E-state index in [1.54, 1.807) is 0 Å². The fourth-order valence-corrected chi connectivity index (χ4v) is 4.73. The first-order chi connectivity index (χ1) is 8.70. The molecule has 0 radical (unpaired) electrons. The van der Waals surface area contributed by atoms with E-state index in [1.807, 2.05) is 30.4 Å². The molecule has 0 aromatic carbocycles. The summed E-state index contributed by atoms with van der Waals surface area (Å²) in [5.41, 5.74) is 5.74. The van der Waals surface area contributed by atoms with E-state index in [1.165, 1.54) is 5.75 Å². The van der Waals surface area contributed by atoms with Crippen LogP contribution in [0, 0.1) is 0 Å². The maximum atomic E-state index is 6.07. The summed E-state index contributed by atoms with van der Waals surface area (Å²) in [5.74, 6) is 4.85. The van der Waals surface area contributed by atoms with Crippen LogP contribution >= 0.6 is 23.5 Å². The van der Waals surface area contributed by atoms with Crippen molar-refractivity contribution in [3.8, 4) is 0 Å². The molecule has 7 heteroatoms. The van der Waals surface area contributed by atoms with Gasteiger partial charge in [0.1, 0.15) is 0 Å². The Morgan fingerprint density at radius 2 is 2.33 bits per heavy atom. The zero-order valence-corrected chi connectivity index (χ0v) is 11.9. The monoisotopic (exact) mass is 287 g/mol. The summed E-state index contributed by atoms with van der Waals surface area (Å²) in [6.07, 6.45) is 0. The number of hydrogen-bond acceptors (Lipinski definition) is 7. The predicted octanol–water partition coefficient (Wildman–Crippen LogP) is 1.21. The highest BCUT2D eigenvalue weighted by atomic mass is 32.2. The second-order valence-corrected chi connectivity index (χ2v) is 7.39. The molecular weight excluding hydrogens is 270 g/mol. The summed E-state index contributed by atoms with van der Waals surface area (Å²) in [6, 6.07) is -0.0702. The van der Waals surface area contributed by atoms with Crippen molar-refractivity contribution < 1.29 is 9.26 Å². The molecule has 18 heavy (non-hydrogen) atoms. The molecule has 0 saturated carbocycles. The molecule has 2 fully saturated rings. The maximum absolute atomic E-state index is 6.07. The Labute approximate surface area is 115 Å². The number of aromatic nitrogens is 2. The van der Waals surface area contributed by atoms with E-state index in [4.69, 9.17) is 15.0 Å². The highest BCUT2D eigenvalue weighted by Gasteiger charge is 2.44. The van der Waals surface area contributed by atoms with Crippen molar-refractivity contribution in [2.75, 3.05) is 30.5 Å². The highest BCUT2D eigenvalue weighted by Crippen LogP contribution is 2.37. The first kappa shape index (κ1) is 12.8. The molecule has 2 saturated heterocycles. The van der Waals surface area contributed by atoms with Crippen LogP contribution in [0.2, 0.25) is 0 Å². The average Bonchev–Trinajstić information content (AvgIpc) is 3.00. The van der Waals surface area contributed by atoms with Crippen molar-refractivity contribution in [1.82, 2.24) is 10.1 Å². The van der Waals surface area contributed by atoms with E-state index >= 15 is 0 Å². The first-order valence-corrected chi connectivity index (χ1v) is 8.27. The lowest BCUT2D eigenvalue weighted by molar-refractivity contribution is 0.169. The standard InChI is InChI=1S/C11H17N3O2S2/c1-11(6-15-4-8(11)12)10-13-9(14-16-10)7-5-17-2-3-18-7/h7-8H,2-6,12H2,1H3. The molecule has 100 valence electrons. The third-order valence-electron chi connectivity index (χ3n) is 3.55. The number of ether oxygens (including phenoxy) is 1. The Hall–Kier alpha value is -0.240. The van der Waals surface area contributed by atoms with Crippen LogP contribution in [0.4, 0.5) is 0 Å². The first-order valence-electron chi connectivity index (χ1n) is 6.07. The van der Waals surface area contributed by atoms with E-state index in [2.05, 4.69) is 10.1 Å². The van der Waals surface area contributed by atoms with Gasteiger partial charge >= 0.3 is 0 Å². The van der Waals surface area contributed by atoms with Crippen molar-refractivity contribution >= 4 is 23.5 Å². The summed E-state index contributed by atoms with van der Waals surface area (Å²) < 4.78 is 10.9. The largest absolute Gasteiger partial charge is 0.379 e. The lowest BCUT2D eigenvalue weighted by Crippen LogP contribution is -2.42. The Bertz CT molecular complexity index is 422. The van der Waals surface area contributed by atoms with Crippen LogP contribution in [0.15, 0.2) is 4.52 Å². The summed E-state index contributed by atoms with van der Waals surface area (Å²) in [4.78, 5) is 4.57. The van der Waals surface area contributed by atoms with Gasteiger partial charge < -0.3 is 15.0 Å². The van der Waals surface area contributed by atoms with Gasteiger partial charge in [-0.15, -0.1) is 11.8 Å². The third kappa shape index (κ3) is 2.17. The van der Waals surface area contributed by atoms with E-state index in [-0.39, 0.29) is 11.5 Å². The van der Waals surface area contributed by atoms with Crippen molar-refractivity contribution in [1.29, 1.82) is 0 Å². The SMILES string of the molecule is CC1(c2nc(C3CSCCS3)no2)COCC1N. The lowest BCUT2D eigenvalue weighted by Gasteiger charge is -2.21. The van der Waals surface area contributed by atoms with Gasteiger partial charge in [0, 0.05) is 23.3 Å². The van der Waals surface area contributed by atoms with Gasteiger partial charge in [-0.1, -0.05) is 5.16 Å². The van der Waals surface area contributed by atoms with Gasteiger partial charge in [-0.3, -0.25) is 0 Å². The number of nitrogens with zero attached hydrogens (tertiary/aromatic N) is 2. The Kier molecular flexibility index (Phi) is 3.57. The molecule has 0 amide bonds. The molecule has 3 atom stereocenters. The molecule has 2 N–H and O–H groups in total. The van der Waals surface area contributed by atoms with Crippen LogP contribution in [-0.2, 0) is 10.2 Å². The lowest BCUT2D eigenvalue weighted by atomic mass is 9.86. The number of hydrogen-bond donors (Lipinski definition) is 1. The molecule has 1 aromatic heterocycles. The van der Waals surface area contributed by atoms with Gasteiger partial charge in [0.2, 0.25) is 5.89 Å². The van der Waals surface area contributed by atoms with E-state index in [0.29, 0.717) is 24.4 Å². The van der Waals surface area contributed by atoms with Gasteiger partial charge in [-0.25, -0.2) is 0 Å². The summed E-state index contributed by atoms with van der Waals surface area (Å²) in [5, 5.41) is 4.48. The molecule has 3 rings (SSSR count). The second kappa shape index (κ2) is 5.03. The zero-order chi connectivity index (χ0) is 12.6. The fourth-order valence-electron chi connectivity index (χ4n) is 2.14. The molecule has 0 spiro atoms. The number of thioether (sulfide) groups is 2. The normalized spacial score (nSPS) is 37.0. The van der Waals surface area contributed by atoms with Gasteiger partial charge in [0.15, 0.2) is 5.82 Å². The highest BCUT2D eigenvalue weighted by molar-refractivity contribution is 8.06. The smallest absolute Gasteiger partial charge is 0.236 e. The Morgan fingerprint density at radius 1 is 1.44 bits per heavy atom. The molecule has 2 aliphatic rings. The van der Waals surface area contributed by atoms with Gasteiger partial charge in [-0.2, -0.15) is 16.7 Å². The molecule has 0 bridgehead atoms. The number of nitrogens with two attached hydrogens (primary N) is 1. The van der Waals surface area contributed by atoms with Gasteiger partial charge in [-0.05, 0) is 6.92 Å². The van der Waals surface area contributed by atoms with Crippen LogP contribution in [0.1, 0.15) is 23.9 Å². The molecule has 1 aromatic rings. The summed E-state index contributed by atoms with van der Waals surface area (Å²) >= 11 is 3.85. The summed E-state index contributed by atoms with van der Waals surface area (Å²) in [7, 11) is 0. The van der Waals surface area contributed by atoms with Crippen LogP contribution in [0.3, 0.4) is 0 Å². The van der Waals surface area contributed by atoms with Crippen LogP contribution in [0.5, 0.6) is 0 Å². The van der Waals surface area contributed by atoms with Crippen molar-refractivity contribution in [2.24, 2.45) is 5.73 Å². The van der Waals surface area contributed by atoms with Crippen LogP contribution in [0.25, 0.3) is 0 Å². The quantitative estimate of drug-likeness (QED) is 0.876. The Balaban J connectivity index is 1.80. The average molecular weight is 287 g/mol.